The number of nitrogens with one attached hydrogen (secondary N) is 1. The summed E-state index contributed by atoms with van der Waals surface area (Å²) in [6, 6.07) is 6.09. The summed E-state index contributed by atoms with van der Waals surface area (Å²) in [5.74, 6) is 0.0194. The molecule has 1 aromatic rings. The van der Waals surface area contributed by atoms with Gasteiger partial charge >= 0.3 is 0 Å². The monoisotopic (exact) mass is 283 g/mol. The summed E-state index contributed by atoms with van der Waals surface area (Å²) in [5, 5.41) is 3.89. The zero-order valence-corrected chi connectivity index (χ0v) is 11.6. The van der Waals surface area contributed by atoms with Gasteiger partial charge in [-0.15, -0.1) is 0 Å². The predicted octanol–water partition coefficient (Wildman–Crippen LogP) is 3.21. The lowest BCUT2D eigenvalue weighted by Gasteiger charge is -2.13. The number of amides is 1. The molecule has 16 heavy (non-hydrogen) atoms. The topological polar surface area (TPSA) is 29.1 Å². The van der Waals surface area contributed by atoms with Crippen LogP contribution in [0.25, 0.3) is 0 Å². The molecule has 1 N–H and O–H groups in total. The molecule has 1 unspecified atom stereocenters. The Morgan fingerprint density at radius 2 is 2.12 bits per heavy atom. The van der Waals surface area contributed by atoms with Crippen molar-refractivity contribution >= 4 is 21.8 Å². The van der Waals surface area contributed by atoms with Gasteiger partial charge in [0.25, 0.3) is 5.91 Å². The molecule has 0 heterocycles. The Kier molecular flexibility index (Phi) is 5.00. The minimum atomic E-state index is 0.0194. The van der Waals surface area contributed by atoms with Crippen molar-refractivity contribution in [2.24, 2.45) is 0 Å². The van der Waals surface area contributed by atoms with Crippen molar-refractivity contribution in [3.8, 4) is 0 Å². The van der Waals surface area contributed by atoms with Gasteiger partial charge in [-0.2, -0.15) is 0 Å². The summed E-state index contributed by atoms with van der Waals surface area (Å²) in [6.07, 6.45) is 0.941. The third-order valence-electron chi connectivity index (χ3n) is 2.55. The summed E-state index contributed by atoms with van der Waals surface area (Å²) in [6.45, 7) is 6.02. The number of hydrogen-bond acceptors (Lipinski definition) is 1. The second-order valence-electron chi connectivity index (χ2n) is 4.17. The molecular formula is C13H18BrNO. The molecule has 0 spiro atoms. The van der Waals surface area contributed by atoms with E-state index in [1.807, 2.05) is 39.0 Å². The normalized spacial score (nSPS) is 12.2. The molecule has 0 aliphatic heterocycles. The van der Waals surface area contributed by atoms with Gasteiger partial charge in [0.2, 0.25) is 0 Å². The Morgan fingerprint density at radius 1 is 1.44 bits per heavy atom. The number of aryl methyl sites for hydroxylation is 2. The van der Waals surface area contributed by atoms with Gasteiger partial charge in [0.1, 0.15) is 0 Å². The highest BCUT2D eigenvalue weighted by molar-refractivity contribution is 9.09. The highest BCUT2D eigenvalue weighted by Gasteiger charge is 2.11. The van der Waals surface area contributed by atoms with E-state index in [9.17, 15) is 4.79 Å². The summed E-state index contributed by atoms with van der Waals surface area (Å²) >= 11 is 3.37. The molecule has 0 saturated heterocycles. The predicted molar refractivity (Wildman–Crippen MR) is 71.3 cm³/mol. The first-order chi connectivity index (χ1) is 7.54. The van der Waals surface area contributed by atoms with E-state index >= 15 is 0 Å². The molecule has 0 fully saturated rings. The Morgan fingerprint density at radius 3 is 2.69 bits per heavy atom. The van der Waals surface area contributed by atoms with E-state index in [1.54, 1.807) is 0 Å². The van der Waals surface area contributed by atoms with Crippen molar-refractivity contribution in [3.05, 3.63) is 34.9 Å². The number of carbonyl (C=O) groups excluding carboxylic acids is 1. The van der Waals surface area contributed by atoms with E-state index < -0.39 is 0 Å². The molecule has 0 saturated carbocycles. The molecule has 0 radical (unpaired) electrons. The molecule has 88 valence electrons. The van der Waals surface area contributed by atoms with Crippen molar-refractivity contribution in [1.29, 1.82) is 0 Å². The first kappa shape index (κ1) is 13.2. The molecule has 0 aliphatic rings. The third kappa shape index (κ3) is 3.63. The number of carbonyl (C=O) groups is 1. The number of rotatable bonds is 4. The molecule has 1 rings (SSSR count). The van der Waals surface area contributed by atoms with Crippen LogP contribution in [-0.4, -0.2) is 17.3 Å². The number of halogens is 1. The van der Waals surface area contributed by atoms with Crippen LogP contribution in [0.2, 0.25) is 0 Å². The smallest absolute Gasteiger partial charge is 0.251 e. The van der Waals surface area contributed by atoms with Crippen LogP contribution in [0.15, 0.2) is 18.2 Å². The fourth-order valence-corrected chi connectivity index (χ4v) is 2.29. The lowest BCUT2D eigenvalue weighted by Crippen LogP contribution is -2.33. The van der Waals surface area contributed by atoms with Gasteiger partial charge < -0.3 is 5.32 Å². The zero-order chi connectivity index (χ0) is 12.1. The third-order valence-corrected chi connectivity index (χ3v) is 3.00. The first-order valence-electron chi connectivity index (χ1n) is 5.48. The zero-order valence-electron chi connectivity index (χ0n) is 10.0. The lowest BCUT2D eigenvalue weighted by atomic mass is 10.0. The van der Waals surface area contributed by atoms with Gasteiger partial charge in [-0.1, -0.05) is 33.6 Å². The number of alkyl halides is 1. The SMILES string of the molecule is Cc1ccc(C(=O)NC(C)CCBr)c(C)c1. The van der Waals surface area contributed by atoms with Crippen LogP contribution in [0.1, 0.15) is 34.8 Å². The molecule has 0 aromatic heterocycles. The molecule has 1 atom stereocenters. The molecule has 1 aromatic carbocycles. The lowest BCUT2D eigenvalue weighted by molar-refractivity contribution is 0.0939. The second-order valence-corrected chi connectivity index (χ2v) is 4.96. The molecule has 3 heteroatoms. The standard InChI is InChI=1S/C13H18BrNO/c1-9-4-5-12(10(2)8-9)13(16)15-11(3)6-7-14/h4-5,8,11H,6-7H2,1-3H3,(H,15,16). The van der Waals surface area contributed by atoms with Crippen LogP contribution >= 0.6 is 15.9 Å². The Balaban J connectivity index is 2.73. The van der Waals surface area contributed by atoms with E-state index in [-0.39, 0.29) is 11.9 Å². The first-order valence-corrected chi connectivity index (χ1v) is 6.61. The van der Waals surface area contributed by atoms with Gasteiger partial charge in [-0.05, 0) is 38.8 Å². The minimum Gasteiger partial charge on any atom is -0.350 e. The van der Waals surface area contributed by atoms with Crippen LogP contribution in [0.3, 0.4) is 0 Å². The largest absolute Gasteiger partial charge is 0.350 e. The van der Waals surface area contributed by atoms with Crippen LogP contribution in [0, 0.1) is 13.8 Å². The summed E-state index contributed by atoms with van der Waals surface area (Å²) in [5.41, 5.74) is 2.98. The maximum atomic E-state index is 11.9. The summed E-state index contributed by atoms with van der Waals surface area (Å²) < 4.78 is 0. The van der Waals surface area contributed by atoms with Gasteiger partial charge in [-0.25, -0.2) is 0 Å². The fraction of sp³-hybridized carbons (Fsp3) is 0.462. The van der Waals surface area contributed by atoms with Crippen LogP contribution in [0.4, 0.5) is 0 Å². The average Bonchev–Trinajstić information content (AvgIpc) is 2.17. The Hall–Kier alpha value is -0.830. The highest BCUT2D eigenvalue weighted by Crippen LogP contribution is 2.10. The summed E-state index contributed by atoms with van der Waals surface area (Å²) in [4.78, 5) is 11.9. The quantitative estimate of drug-likeness (QED) is 0.845. The Labute approximate surface area is 106 Å². The van der Waals surface area contributed by atoms with Crippen molar-refractivity contribution < 1.29 is 4.79 Å². The van der Waals surface area contributed by atoms with Crippen LogP contribution < -0.4 is 5.32 Å². The van der Waals surface area contributed by atoms with Crippen molar-refractivity contribution in [1.82, 2.24) is 5.32 Å². The van der Waals surface area contributed by atoms with Crippen molar-refractivity contribution in [2.45, 2.75) is 33.2 Å². The summed E-state index contributed by atoms with van der Waals surface area (Å²) in [7, 11) is 0. The van der Waals surface area contributed by atoms with E-state index in [2.05, 4.69) is 21.2 Å². The van der Waals surface area contributed by atoms with E-state index in [0.29, 0.717) is 0 Å². The molecule has 0 aliphatic carbocycles. The molecule has 2 nitrogen and oxygen atoms in total. The van der Waals surface area contributed by atoms with Crippen molar-refractivity contribution in [2.75, 3.05) is 5.33 Å². The van der Waals surface area contributed by atoms with E-state index in [0.717, 1.165) is 22.9 Å². The van der Waals surface area contributed by atoms with Crippen molar-refractivity contribution in [3.63, 3.8) is 0 Å². The van der Waals surface area contributed by atoms with E-state index in [1.165, 1.54) is 5.56 Å². The second kappa shape index (κ2) is 6.04. The average molecular weight is 284 g/mol. The molecule has 1 amide bonds. The molecular weight excluding hydrogens is 266 g/mol. The highest BCUT2D eigenvalue weighted by atomic mass is 79.9. The minimum absolute atomic E-state index is 0.0194. The van der Waals surface area contributed by atoms with Crippen LogP contribution in [0.5, 0.6) is 0 Å². The van der Waals surface area contributed by atoms with Gasteiger partial charge in [0, 0.05) is 16.9 Å². The Bertz CT molecular complexity index is 376. The van der Waals surface area contributed by atoms with Gasteiger partial charge in [0.15, 0.2) is 0 Å². The van der Waals surface area contributed by atoms with Gasteiger partial charge in [-0.3, -0.25) is 4.79 Å². The molecule has 0 bridgehead atoms. The van der Waals surface area contributed by atoms with Gasteiger partial charge in [0.05, 0.1) is 0 Å². The number of benzene rings is 1. The maximum absolute atomic E-state index is 11.9. The van der Waals surface area contributed by atoms with Crippen LogP contribution in [-0.2, 0) is 0 Å². The maximum Gasteiger partial charge on any atom is 0.251 e. The number of hydrogen-bond donors (Lipinski definition) is 1. The fourth-order valence-electron chi connectivity index (χ4n) is 1.61. The van der Waals surface area contributed by atoms with E-state index in [4.69, 9.17) is 0 Å².